The first kappa shape index (κ1) is 13.1. The van der Waals surface area contributed by atoms with Gasteiger partial charge < -0.3 is 0 Å². The smallest absolute Gasteiger partial charge is 0.0348 e. The van der Waals surface area contributed by atoms with Crippen LogP contribution in [0.25, 0.3) is 0 Å². The number of hydrogen-bond donors (Lipinski definition) is 0. The van der Waals surface area contributed by atoms with Gasteiger partial charge in [0, 0.05) is 10.5 Å². The standard InChI is InChI=1S/C15H22BrN/c1-2-3-11-17-12-5-4-6-15(17)13-7-9-14(16)10-8-13/h7-10,15H,2-6,11-12H2,1H3. The molecular formula is C15H22BrN. The Morgan fingerprint density at radius 1 is 1.24 bits per heavy atom. The van der Waals surface area contributed by atoms with Crippen molar-refractivity contribution in [3.63, 3.8) is 0 Å². The van der Waals surface area contributed by atoms with Crippen LogP contribution in [0.1, 0.15) is 50.6 Å². The fourth-order valence-corrected chi connectivity index (χ4v) is 2.95. The number of halogens is 1. The first-order valence-electron chi connectivity index (χ1n) is 6.81. The van der Waals surface area contributed by atoms with Crippen LogP contribution >= 0.6 is 15.9 Å². The molecule has 1 atom stereocenters. The molecular weight excluding hydrogens is 274 g/mol. The lowest BCUT2D eigenvalue weighted by Crippen LogP contribution is -2.34. The normalized spacial score (nSPS) is 21.6. The van der Waals surface area contributed by atoms with Crippen LogP contribution in [0.15, 0.2) is 28.7 Å². The number of hydrogen-bond acceptors (Lipinski definition) is 1. The maximum Gasteiger partial charge on any atom is 0.0348 e. The number of benzene rings is 1. The van der Waals surface area contributed by atoms with Crippen molar-refractivity contribution in [3.8, 4) is 0 Å². The van der Waals surface area contributed by atoms with Crippen LogP contribution in [0.2, 0.25) is 0 Å². The van der Waals surface area contributed by atoms with Crippen molar-refractivity contribution >= 4 is 15.9 Å². The van der Waals surface area contributed by atoms with Gasteiger partial charge in [-0.3, -0.25) is 4.90 Å². The Morgan fingerprint density at radius 2 is 2.00 bits per heavy atom. The number of piperidine rings is 1. The summed E-state index contributed by atoms with van der Waals surface area (Å²) in [6, 6.07) is 9.55. The van der Waals surface area contributed by atoms with Gasteiger partial charge in [-0.1, -0.05) is 47.8 Å². The van der Waals surface area contributed by atoms with E-state index in [1.54, 1.807) is 0 Å². The van der Waals surface area contributed by atoms with E-state index in [0.29, 0.717) is 6.04 Å². The van der Waals surface area contributed by atoms with Crippen molar-refractivity contribution in [2.24, 2.45) is 0 Å². The Bertz CT molecular complexity index is 333. The van der Waals surface area contributed by atoms with E-state index in [1.807, 2.05) is 0 Å². The Kier molecular flexibility index (Phi) is 5.05. The summed E-state index contributed by atoms with van der Waals surface area (Å²) in [6.07, 6.45) is 6.70. The Labute approximate surface area is 113 Å². The van der Waals surface area contributed by atoms with Gasteiger partial charge >= 0.3 is 0 Å². The quantitative estimate of drug-likeness (QED) is 0.773. The zero-order chi connectivity index (χ0) is 12.1. The molecule has 2 rings (SSSR count). The second-order valence-electron chi connectivity index (χ2n) is 4.95. The molecule has 0 aromatic heterocycles. The molecule has 1 unspecified atom stereocenters. The molecule has 0 radical (unpaired) electrons. The van der Waals surface area contributed by atoms with Crippen molar-refractivity contribution in [2.75, 3.05) is 13.1 Å². The van der Waals surface area contributed by atoms with E-state index in [9.17, 15) is 0 Å². The molecule has 0 N–H and O–H groups in total. The second-order valence-corrected chi connectivity index (χ2v) is 5.87. The van der Waals surface area contributed by atoms with E-state index < -0.39 is 0 Å². The van der Waals surface area contributed by atoms with Gasteiger partial charge in [-0.15, -0.1) is 0 Å². The minimum Gasteiger partial charge on any atom is -0.296 e. The number of rotatable bonds is 4. The van der Waals surface area contributed by atoms with Gasteiger partial charge in [0.15, 0.2) is 0 Å². The highest BCUT2D eigenvalue weighted by molar-refractivity contribution is 9.10. The van der Waals surface area contributed by atoms with E-state index in [1.165, 1.54) is 55.2 Å². The van der Waals surface area contributed by atoms with Crippen LogP contribution in [0, 0.1) is 0 Å². The summed E-state index contributed by atoms with van der Waals surface area (Å²) in [4.78, 5) is 2.68. The van der Waals surface area contributed by atoms with Gasteiger partial charge in [0.05, 0.1) is 0 Å². The highest BCUT2D eigenvalue weighted by atomic mass is 79.9. The van der Waals surface area contributed by atoms with E-state index in [0.717, 1.165) is 0 Å². The number of nitrogens with zero attached hydrogens (tertiary/aromatic N) is 1. The van der Waals surface area contributed by atoms with Crippen molar-refractivity contribution in [3.05, 3.63) is 34.3 Å². The molecule has 1 saturated heterocycles. The third-order valence-electron chi connectivity index (χ3n) is 3.67. The predicted molar refractivity (Wildman–Crippen MR) is 77.2 cm³/mol. The fourth-order valence-electron chi connectivity index (χ4n) is 2.68. The molecule has 1 aliphatic heterocycles. The van der Waals surface area contributed by atoms with E-state index >= 15 is 0 Å². The largest absolute Gasteiger partial charge is 0.296 e. The van der Waals surface area contributed by atoms with Gasteiger partial charge in [-0.2, -0.15) is 0 Å². The van der Waals surface area contributed by atoms with Crippen molar-refractivity contribution in [2.45, 2.75) is 45.1 Å². The topological polar surface area (TPSA) is 3.24 Å². The van der Waals surface area contributed by atoms with Crippen LogP contribution in [0.5, 0.6) is 0 Å². The molecule has 1 heterocycles. The van der Waals surface area contributed by atoms with Crippen LogP contribution in [0.4, 0.5) is 0 Å². The lowest BCUT2D eigenvalue weighted by Gasteiger charge is -2.36. The van der Waals surface area contributed by atoms with Gasteiger partial charge in [0.25, 0.3) is 0 Å². The molecule has 0 aliphatic carbocycles. The summed E-state index contributed by atoms with van der Waals surface area (Å²) in [5.74, 6) is 0. The molecule has 1 aliphatic rings. The monoisotopic (exact) mass is 295 g/mol. The first-order chi connectivity index (χ1) is 8.31. The molecule has 0 saturated carbocycles. The molecule has 1 fully saturated rings. The molecule has 2 heteroatoms. The lowest BCUT2D eigenvalue weighted by atomic mass is 9.95. The van der Waals surface area contributed by atoms with Gasteiger partial charge in [-0.05, 0) is 50.0 Å². The van der Waals surface area contributed by atoms with E-state index in [4.69, 9.17) is 0 Å². The van der Waals surface area contributed by atoms with Crippen molar-refractivity contribution in [1.82, 2.24) is 4.90 Å². The van der Waals surface area contributed by atoms with E-state index in [-0.39, 0.29) is 0 Å². The molecule has 0 amide bonds. The summed E-state index contributed by atoms with van der Waals surface area (Å²) in [5, 5.41) is 0. The first-order valence-corrected chi connectivity index (χ1v) is 7.60. The van der Waals surface area contributed by atoms with Gasteiger partial charge in [0.2, 0.25) is 0 Å². The second kappa shape index (κ2) is 6.55. The zero-order valence-electron chi connectivity index (χ0n) is 10.7. The summed E-state index contributed by atoms with van der Waals surface area (Å²) < 4.78 is 1.18. The van der Waals surface area contributed by atoms with Crippen LogP contribution in [-0.4, -0.2) is 18.0 Å². The highest BCUT2D eigenvalue weighted by Gasteiger charge is 2.22. The van der Waals surface area contributed by atoms with Gasteiger partial charge in [-0.25, -0.2) is 0 Å². The SMILES string of the molecule is CCCCN1CCCCC1c1ccc(Br)cc1. The zero-order valence-corrected chi connectivity index (χ0v) is 12.2. The summed E-state index contributed by atoms with van der Waals surface area (Å²) in [7, 11) is 0. The van der Waals surface area contributed by atoms with Gasteiger partial charge in [0.1, 0.15) is 0 Å². The minimum atomic E-state index is 0.656. The minimum absolute atomic E-state index is 0.656. The maximum atomic E-state index is 3.51. The third-order valence-corrected chi connectivity index (χ3v) is 4.20. The average Bonchev–Trinajstić information content (AvgIpc) is 2.38. The predicted octanol–water partition coefficient (Wildman–Crippen LogP) is 4.78. The molecule has 0 bridgehead atoms. The molecule has 0 spiro atoms. The molecule has 1 aromatic carbocycles. The van der Waals surface area contributed by atoms with Crippen LogP contribution in [-0.2, 0) is 0 Å². The van der Waals surface area contributed by atoms with E-state index in [2.05, 4.69) is 52.0 Å². The third kappa shape index (κ3) is 3.56. The summed E-state index contributed by atoms with van der Waals surface area (Å²) in [5.41, 5.74) is 1.49. The Hall–Kier alpha value is -0.340. The summed E-state index contributed by atoms with van der Waals surface area (Å²) in [6.45, 7) is 4.82. The molecule has 94 valence electrons. The fraction of sp³-hybridized carbons (Fsp3) is 0.600. The Morgan fingerprint density at radius 3 is 2.71 bits per heavy atom. The number of unbranched alkanes of at least 4 members (excludes halogenated alkanes) is 1. The summed E-state index contributed by atoms with van der Waals surface area (Å²) >= 11 is 3.51. The van der Waals surface area contributed by atoms with Crippen LogP contribution in [0.3, 0.4) is 0 Å². The molecule has 17 heavy (non-hydrogen) atoms. The lowest BCUT2D eigenvalue weighted by molar-refractivity contribution is 0.146. The molecule has 1 aromatic rings. The Balaban J connectivity index is 2.07. The molecule has 1 nitrogen and oxygen atoms in total. The van der Waals surface area contributed by atoms with Crippen LogP contribution < -0.4 is 0 Å². The average molecular weight is 296 g/mol. The number of likely N-dealkylation sites (tertiary alicyclic amines) is 1. The van der Waals surface area contributed by atoms with Crippen molar-refractivity contribution < 1.29 is 0 Å². The maximum absolute atomic E-state index is 3.51. The van der Waals surface area contributed by atoms with Crippen molar-refractivity contribution in [1.29, 1.82) is 0 Å². The highest BCUT2D eigenvalue weighted by Crippen LogP contribution is 2.31.